The number of aliphatic hydroxyl groups excluding tert-OH is 4. The summed E-state index contributed by atoms with van der Waals surface area (Å²) in [5, 5.41) is 60.7. The molecule has 0 aliphatic carbocycles. The first-order valence-electron chi connectivity index (χ1n) is 38.6. The number of carbonyl (C=O) groups excluding carboxylic acids is 5. The summed E-state index contributed by atoms with van der Waals surface area (Å²) < 4.78 is 28.3. The Morgan fingerprint density at radius 2 is 0.631 bits per heavy atom. The summed E-state index contributed by atoms with van der Waals surface area (Å²) in [7, 11) is 0. The van der Waals surface area contributed by atoms with Crippen molar-refractivity contribution < 1.29 is 73.2 Å². The van der Waals surface area contributed by atoms with Gasteiger partial charge in [-0.15, -0.1) is 0 Å². The summed E-state index contributed by atoms with van der Waals surface area (Å²) >= 11 is 0. The van der Waals surface area contributed by atoms with E-state index in [0.29, 0.717) is 35.8 Å². The van der Waals surface area contributed by atoms with Crippen LogP contribution in [0.1, 0.15) is 235 Å². The zero-order valence-corrected chi connectivity index (χ0v) is 68.8. The number of esters is 5. The van der Waals surface area contributed by atoms with Crippen LogP contribution in [0.15, 0.2) is 194 Å². The van der Waals surface area contributed by atoms with Crippen molar-refractivity contribution in [1.29, 1.82) is 0 Å². The third kappa shape index (κ3) is 21.6. The standard InChI is InChI=1S/2C22H24O3.2C18H22O3.C16H24O3/c1-5-22(3,4)21(24)25-20-17-12-8-6-10-15(17)19(14(2)23)16-11-7-9-13-18(16)20;1-5-22(3,4)21(24)25-20-17-10-7-6-9-15(17)13-19-16(14(2)23)11-8-12-18(19)20;1-5-18(3,4)17(20)21-16-11-7-9-14-13(12(2)19)8-6-10-15(14)16;1-5-18(3,4)17(20)21-16-11-10-13(12(2)19)14-8-6-7-9-15(14)16;1-6-15(2,3)14(17)19-11-12-7-9-13(10-8-12)16(4,5)18/h2*6-14,23H,5H2,1-4H3;2*6-12,19H,5H2,1-4H3;7-10,18H,6,11H2,1-5H3. The maximum atomic E-state index is 12.7. The van der Waals surface area contributed by atoms with Gasteiger partial charge in [0.05, 0.1) is 57.1 Å². The SMILES string of the molecule is CCC(C)(C)C(=O)OCc1ccc(C(C)(C)O)cc1.CCC(C)(C)C(=O)Oc1c2ccccc2c(C(C)O)c2ccccc12.CCC(C)(C)C(=O)Oc1c2ccccc2cc2c(C(C)O)cccc12.CCC(C)(C)C(=O)Oc1ccc(C(C)O)c2ccccc12.CCC(C)(C)C(=O)Oc1cccc2c(C(C)O)cccc12. The Hall–Kier alpha value is -9.87. The van der Waals surface area contributed by atoms with Crippen LogP contribution in [0, 0.1) is 27.1 Å². The Kier molecular flexibility index (Phi) is 29.8. The lowest BCUT2D eigenvalue weighted by molar-refractivity contribution is -0.155. The summed E-state index contributed by atoms with van der Waals surface area (Å²) in [6.45, 7) is 39.4. The molecule has 15 nitrogen and oxygen atoms in total. The second-order valence-corrected chi connectivity index (χ2v) is 32.4. The number of aliphatic hydroxyl groups is 5. The number of rotatable bonds is 21. The predicted molar refractivity (Wildman–Crippen MR) is 448 cm³/mol. The van der Waals surface area contributed by atoms with Crippen molar-refractivity contribution >= 4 is 94.5 Å². The summed E-state index contributed by atoms with van der Waals surface area (Å²) in [5.74, 6) is 1.10. The van der Waals surface area contributed by atoms with Gasteiger partial charge in [-0.3, -0.25) is 24.0 Å². The molecule has 0 saturated carbocycles. The molecular weight excluding hydrogens is 1390 g/mol. The van der Waals surface area contributed by atoms with Crippen LogP contribution in [-0.4, -0.2) is 55.4 Å². The molecule has 0 spiro atoms. The number of fused-ring (bicyclic) bond motifs is 6. The first-order chi connectivity index (χ1) is 52.1. The monoisotopic (exact) mass is 1510 g/mol. The van der Waals surface area contributed by atoms with Gasteiger partial charge in [-0.2, -0.15) is 0 Å². The highest BCUT2D eigenvalue weighted by molar-refractivity contribution is 6.11. The van der Waals surface area contributed by atoms with Crippen LogP contribution >= 0.6 is 0 Å². The van der Waals surface area contributed by atoms with Crippen LogP contribution < -0.4 is 18.9 Å². The highest BCUT2D eigenvalue weighted by Gasteiger charge is 2.34. The van der Waals surface area contributed by atoms with Gasteiger partial charge in [0.25, 0.3) is 0 Å². The molecule has 15 heteroatoms. The molecule has 0 aliphatic rings. The summed E-state index contributed by atoms with van der Waals surface area (Å²) in [5.41, 5.74) is 1.72. The van der Waals surface area contributed by atoms with E-state index in [9.17, 15) is 49.5 Å². The first-order valence-corrected chi connectivity index (χ1v) is 38.6. The van der Waals surface area contributed by atoms with Crippen molar-refractivity contribution in [2.45, 2.75) is 214 Å². The van der Waals surface area contributed by atoms with Gasteiger partial charge in [0.15, 0.2) is 0 Å². The highest BCUT2D eigenvalue weighted by atomic mass is 16.6. The average molecular weight is 1510 g/mol. The van der Waals surface area contributed by atoms with Gasteiger partial charge >= 0.3 is 29.8 Å². The van der Waals surface area contributed by atoms with E-state index >= 15 is 0 Å². The van der Waals surface area contributed by atoms with Crippen LogP contribution in [0.25, 0.3) is 64.6 Å². The lowest BCUT2D eigenvalue weighted by atomic mass is 9.90. The molecule has 0 aliphatic heterocycles. The van der Waals surface area contributed by atoms with Crippen molar-refractivity contribution in [3.8, 4) is 23.0 Å². The quantitative estimate of drug-likeness (QED) is 0.0256. The molecular formula is C96H116O15. The minimum atomic E-state index is -0.848. The molecule has 111 heavy (non-hydrogen) atoms. The smallest absolute Gasteiger partial charge is 0.316 e. The number of benzene rings is 11. The van der Waals surface area contributed by atoms with E-state index in [1.165, 1.54) is 0 Å². The fourth-order valence-electron chi connectivity index (χ4n) is 11.7. The molecule has 4 unspecified atom stereocenters. The molecule has 11 aromatic rings. The second kappa shape index (κ2) is 37.4. The van der Waals surface area contributed by atoms with Gasteiger partial charge in [0.1, 0.15) is 29.6 Å². The van der Waals surface area contributed by atoms with Gasteiger partial charge in [-0.05, 0) is 227 Å². The van der Waals surface area contributed by atoms with Crippen molar-refractivity contribution in [2.24, 2.45) is 27.1 Å². The van der Waals surface area contributed by atoms with Crippen LogP contribution in [0.3, 0.4) is 0 Å². The Morgan fingerprint density at radius 1 is 0.315 bits per heavy atom. The number of hydrogen-bond acceptors (Lipinski definition) is 15. The Bertz CT molecular complexity index is 4880. The van der Waals surface area contributed by atoms with Crippen molar-refractivity contribution in [2.75, 3.05) is 0 Å². The van der Waals surface area contributed by atoms with Gasteiger partial charge in [0, 0.05) is 32.3 Å². The van der Waals surface area contributed by atoms with Gasteiger partial charge < -0.3 is 49.2 Å². The molecule has 0 bridgehead atoms. The lowest BCUT2D eigenvalue weighted by Gasteiger charge is -2.23. The Labute approximate surface area is 655 Å². The molecule has 0 amide bonds. The summed E-state index contributed by atoms with van der Waals surface area (Å²) in [6, 6.07) is 61.1. The van der Waals surface area contributed by atoms with Gasteiger partial charge in [0.2, 0.25) is 0 Å². The maximum Gasteiger partial charge on any atom is 0.316 e. The molecule has 11 aromatic carbocycles. The van der Waals surface area contributed by atoms with Gasteiger partial charge in [-0.1, -0.05) is 211 Å². The molecule has 0 saturated heterocycles. The van der Waals surface area contributed by atoms with E-state index < -0.39 is 57.1 Å². The molecule has 0 fully saturated rings. The normalized spacial score (nSPS) is 13.0. The molecule has 4 atom stereocenters. The molecule has 0 heterocycles. The second-order valence-electron chi connectivity index (χ2n) is 32.4. The van der Waals surface area contributed by atoms with Crippen LogP contribution in [0.5, 0.6) is 23.0 Å². The number of carbonyl (C=O) groups is 5. The largest absolute Gasteiger partial charge is 0.460 e. The fourth-order valence-corrected chi connectivity index (χ4v) is 11.7. The molecule has 5 N–H and O–H groups in total. The van der Waals surface area contributed by atoms with Crippen LogP contribution in [-0.2, 0) is 40.9 Å². The molecule has 11 rings (SSSR count). The van der Waals surface area contributed by atoms with E-state index in [-0.39, 0.29) is 36.5 Å². The van der Waals surface area contributed by atoms with E-state index in [0.717, 1.165) is 117 Å². The summed E-state index contributed by atoms with van der Waals surface area (Å²) in [4.78, 5) is 61.7. The molecule has 590 valence electrons. The minimum absolute atomic E-state index is 0.179. The number of ether oxygens (including phenoxy) is 5. The van der Waals surface area contributed by atoms with Crippen molar-refractivity contribution in [3.63, 3.8) is 0 Å². The van der Waals surface area contributed by atoms with Crippen LogP contribution in [0.4, 0.5) is 0 Å². The van der Waals surface area contributed by atoms with Crippen LogP contribution in [0.2, 0.25) is 0 Å². The fraction of sp³-hybridized carbons (Fsp3) is 0.385. The minimum Gasteiger partial charge on any atom is -0.460 e. The third-order valence-corrected chi connectivity index (χ3v) is 21.4. The van der Waals surface area contributed by atoms with E-state index in [1.54, 1.807) is 53.7 Å². The van der Waals surface area contributed by atoms with E-state index in [2.05, 4.69) is 6.07 Å². The van der Waals surface area contributed by atoms with E-state index in [1.807, 2.05) is 280 Å². The Morgan fingerprint density at radius 3 is 1.05 bits per heavy atom. The zero-order chi connectivity index (χ0) is 82.3. The predicted octanol–water partition coefficient (Wildman–Crippen LogP) is 22.6. The lowest BCUT2D eigenvalue weighted by Crippen LogP contribution is -2.28. The van der Waals surface area contributed by atoms with Crippen molar-refractivity contribution in [1.82, 2.24) is 0 Å². The highest BCUT2D eigenvalue weighted by Crippen LogP contribution is 2.44. The number of hydrogen-bond donors (Lipinski definition) is 5. The maximum absolute atomic E-state index is 12.7. The van der Waals surface area contributed by atoms with Crippen molar-refractivity contribution in [3.05, 3.63) is 228 Å². The molecule has 0 radical (unpaired) electrons. The average Bonchev–Trinajstić information content (AvgIpc) is 0.754. The topological polar surface area (TPSA) is 233 Å². The first kappa shape index (κ1) is 88.3. The van der Waals surface area contributed by atoms with E-state index in [4.69, 9.17) is 23.7 Å². The summed E-state index contributed by atoms with van der Waals surface area (Å²) in [6.07, 6.45) is 1.25. The Balaban J connectivity index is 0.000000194. The zero-order valence-electron chi connectivity index (χ0n) is 68.8. The third-order valence-electron chi connectivity index (χ3n) is 21.4. The van der Waals surface area contributed by atoms with Gasteiger partial charge in [-0.25, -0.2) is 0 Å². The molecule has 0 aromatic heterocycles.